The van der Waals surface area contributed by atoms with E-state index in [4.69, 9.17) is 4.74 Å². The second-order valence-corrected chi connectivity index (χ2v) is 3.84. The molecule has 0 N–H and O–H groups in total. The van der Waals surface area contributed by atoms with E-state index in [-0.39, 0.29) is 0 Å². The highest BCUT2D eigenvalue weighted by Crippen LogP contribution is 2.21. The van der Waals surface area contributed by atoms with Gasteiger partial charge in [0, 0.05) is 19.6 Å². The molecule has 0 amide bonds. The Kier molecular flexibility index (Phi) is 3.54. The summed E-state index contributed by atoms with van der Waals surface area (Å²) in [5.74, 6) is 0. The summed E-state index contributed by atoms with van der Waals surface area (Å²) in [4.78, 5) is 2.41. The summed E-state index contributed by atoms with van der Waals surface area (Å²) < 4.78 is 5.38. The SMILES string of the molecule is C=CCOCCN1Cc2ccccc2C1. The molecule has 0 unspecified atom stereocenters. The molecule has 2 nitrogen and oxygen atoms in total. The molecule has 0 atom stereocenters. The number of hydrogen-bond donors (Lipinski definition) is 0. The van der Waals surface area contributed by atoms with Gasteiger partial charge < -0.3 is 4.74 Å². The zero-order valence-corrected chi connectivity index (χ0v) is 8.98. The van der Waals surface area contributed by atoms with Crippen molar-refractivity contribution in [3.05, 3.63) is 48.0 Å². The maximum atomic E-state index is 5.38. The Morgan fingerprint density at radius 1 is 1.27 bits per heavy atom. The highest BCUT2D eigenvalue weighted by atomic mass is 16.5. The van der Waals surface area contributed by atoms with E-state index in [9.17, 15) is 0 Å². The molecule has 1 aliphatic heterocycles. The molecule has 2 heteroatoms. The number of rotatable bonds is 5. The molecule has 1 aromatic carbocycles. The number of hydrogen-bond acceptors (Lipinski definition) is 2. The fourth-order valence-corrected chi connectivity index (χ4v) is 1.92. The van der Waals surface area contributed by atoms with Crippen LogP contribution in [0.1, 0.15) is 11.1 Å². The van der Waals surface area contributed by atoms with Gasteiger partial charge in [-0.05, 0) is 11.1 Å². The molecule has 1 heterocycles. The van der Waals surface area contributed by atoms with Gasteiger partial charge in [-0.3, -0.25) is 4.90 Å². The molecule has 0 fully saturated rings. The van der Waals surface area contributed by atoms with E-state index in [1.165, 1.54) is 11.1 Å². The predicted molar refractivity (Wildman–Crippen MR) is 61.6 cm³/mol. The predicted octanol–water partition coefficient (Wildman–Crippen LogP) is 2.20. The standard InChI is InChI=1S/C13H17NO/c1-2-8-15-9-7-14-10-12-5-3-4-6-13(12)11-14/h2-6H,1,7-11H2. The number of nitrogens with zero attached hydrogens (tertiary/aromatic N) is 1. The van der Waals surface area contributed by atoms with Gasteiger partial charge in [0.25, 0.3) is 0 Å². The van der Waals surface area contributed by atoms with Crippen LogP contribution in [0.2, 0.25) is 0 Å². The quantitative estimate of drug-likeness (QED) is 0.537. The zero-order valence-electron chi connectivity index (χ0n) is 8.98. The fourth-order valence-electron chi connectivity index (χ4n) is 1.92. The summed E-state index contributed by atoms with van der Waals surface area (Å²) in [6, 6.07) is 8.63. The third-order valence-electron chi connectivity index (χ3n) is 2.69. The minimum atomic E-state index is 0.654. The van der Waals surface area contributed by atoms with E-state index in [2.05, 4.69) is 35.7 Å². The number of ether oxygens (including phenoxy) is 1. The van der Waals surface area contributed by atoms with E-state index < -0.39 is 0 Å². The monoisotopic (exact) mass is 203 g/mol. The summed E-state index contributed by atoms with van der Waals surface area (Å²) >= 11 is 0. The summed E-state index contributed by atoms with van der Waals surface area (Å²) in [6.45, 7) is 8.20. The van der Waals surface area contributed by atoms with Crippen molar-refractivity contribution in [2.24, 2.45) is 0 Å². The lowest BCUT2D eigenvalue weighted by Crippen LogP contribution is -2.21. The van der Waals surface area contributed by atoms with Crippen molar-refractivity contribution in [3.8, 4) is 0 Å². The maximum absolute atomic E-state index is 5.38. The number of fused-ring (bicyclic) bond motifs is 1. The first-order valence-corrected chi connectivity index (χ1v) is 5.38. The Balaban J connectivity index is 1.78. The van der Waals surface area contributed by atoms with Gasteiger partial charge in [0.2, 0.25) is 0 Å². The first-order valence-electron chi connectivity index (χ1n) is 5.38. The van der Waals surface area contributed by atoms with E-state index in [1.54, 1.807) is 6.08 Å². The average Bonchev–Trinajstić information content (AvgIpc) is 2.67. The highest BCUT2D eigenvalue weighted by Gasteiger charge is 2.16. The second kappa shape index (κ2) is 5.10. The average molecular weight is 203 g/mol. The highest BCUT2D eigenvalue weighted by molar-refractivity contribution is 5.30. The molecular formula is C13H17NO. The van der Waals surface area contributed by atoms with Crippen LogP contribution in [0.5, 0.6) is 0 Å². The molecule has 2 rings (SSSR count). The van der Waals surface area contributed by atoms with Gasteiger partial charge in [-0.15, -0.1) is 6.58 Å². The first-order chi connectivity index (χ1) is 7.40. The smallest absolute Gasteiger partial charge is 0.0645 e. The summed E-state index contributed by atoms with van der Waals surface area (Å²) in [6.07, 6.45) is 1.79. The molecule has 0 saturated carbocycles. The molecule has 0 spiro atoms. The topological polar surface area (TPSA) is 12.5 Å². The minimum absolute atomic E-state index is 0.654. The van der Waals surface area contributed by atoms with E-state index in [1.807, 2.05) is 0 Å². The van der Waals surface area contributed by atoms with Crippen LogP contribution < -0.4 is 0 Å². The van der Waals surface area contributed by atoms with Crippen molar-refractivity contribution in [1.29, 1.82) is 0 Å². The lowest BCUT2D eigenvalue weighted by Gasteiger charge is -2.13. The van der Waals surface area contributed by atoms with Gasteiger partial charge in [-0.1, -0.05) is 30.3 Å². The van der Waals surface area contributed by atoms with Crippen molar-refractivity contribution in [1.82, 2.24) is 4.90 Å². The first kappa shape index (κ1) is 10.4. The fraction of sp³-hybridized carbons (Fsp3) is 0.385. The van der Waals surface area contributed by atoms with Crippen LogP contribution in [-0.2, 0) is 17.8 Å². The Labute approximate surface area is 91.2 Å². The van der Waals surface area contributed by atoms with Gasteiger partial charge in [0.1, 0.15) is 0 Å². The van der Waals surface area contributed by atoms with Crippen LogP contribution in [0, 0.1) is 0 Å². The Morgan fingerprint density at radius 3 is 2.53 bits per heavy atom. The molecule has 0 aromatic heterocycles. The molecule has 0 saturated heterocycles. The van der Waals surface area contributed by atoms with E-state index >= 15 is 0 Å². The lowest BCUT2D eigenvalue weighted by atomic mass is 10.1. The van der Waals surface area contributed by atoms with Gasteiger partial charge in [0.05, 0.1) is 13.2 Å². The Bertz CT molecular complexity index is 310. The molecular weight excluding hydrogens is 186 g/mol. The Hall–Kier alpha value is -1.12. The van der Waals surface area contributed by atoms with Gasteiger partial charge in [-0.2, -0.15) is 0 Å². The second-order valence-electron chi connectivity index (χ2n) is 3.84. The van der Waals surface area contributed by atoms with Crippen molar-refractivity contribution >= 4 is 0 Å². The van der Waals surface area contributed by atoms with E-state index in [0.717, 1.165) is 26.2 Å². The largest absolute Gasteiger partial charge is 0.376 e. The van der Waals surface area contributed by atoms with Gasteiger partial charge in [-0.25, -0.2) is 0 Å². The third kappa shape index (κ3) is 2.67. The van der Waals surface area contributed by atoms with Crippen molar-refractivity contribution < 1.29 is 4.74 Å². The van der Waals surface area contributed by atoms with Crippen LogP contribution in [-0.4, -0.2) is 24.7 Å². The summed E-state index contributed by atoms with van der Waals surface area (Å²) in [5, 5.41) is 0. The van der Waals surface area contributed by atoms with Gasteiger partial charge in [0.15, 0.2) is 0 Å². The van der Waals surface area contributed by atoms with Crippen LogP contribution in [0.3, 0.4) is 0 Å². The minimum Gasteiger partial charge on any atom is -0.376 e. The van der Waals surface area contributed by atoms with Crippen molar-refractivity contribution in [2.75, 3.05) is 19.8 Å². The normalized spacial score (nSPS) is 15.2. The molecule has 0 aliphatic carbocycles. The zero-order chi connectivity index (χ0) is 10.5. The molecule has 80 valence electrons. The summed E-state index contributed by atoms with van der Waals surface area (Å²) in [7, 11) is 0. The molecule has 15 heavy (non-hydrogen) atoms. The third-order valence-corrected chi connectivity index (χ3v) is 2.69. The maximum Gasteiger partial charge on any atom is 0.0645 e. The van der Waals surface area contributed by atoms with Crippen LogP contribution in [0.15, 0.2) is 36.9 Å². The van der Waals surface area contributed by atoms with Crippen LogP contribution >= 0.6 is 0 Å². The summed E-state index contributed by atoms with van der Waals surface area (Å²) in [5.41, 5.74) is 2.92. The van der Waals surface area contributed by atoms with Crippen molar-refractivity contribution in [2.45, 2.75) is 13.1 Å². The Morgan fingerprint density at radius 2 is 1.93 bits per heavy atom. The molecule has 1 aliphatic rings. The number of benzene rings is 1. The lowest BCUT2D eigenvalue weighted by molar-refractivity contribution is 0.123. The van der Waals surface area contributed by atoms with Crippen LogP contribution in [0.4, 0.5) is 0 Å². The van der Waals surface area contributed by atoms with Crippen molar-refractivity contribution in [3.63, 3.8) is 0 Å². The van der Waals surface area contributed by atoms with Gasteiger partial charge >= 0.3 is 0 Å². The van der Waals surface area contributed by atoms with E-state index in [0.29, 0.717) is 6.61 Å². The molecule has 0 bridgehead atoms. The molecule has 0 radical (unpaired) electrons. The molecule has 1 aromatic rings. The van der Waals surface area contributed by atoms with Crippen LogP contribution in [0.25, 0.3) is 0 Å².